The van der Waals surface area contributed by atoms with Crippen LogP contribution in [0.5, 0.6) is 17.2 Å². The molecular formula is C20H24N3O4S+. The van der Waals surface area contributed by atoms with E-state index in [0.717, 1.165) is 17.9 Å². The van der Waals surface area contributed by atoms with Crippen LogP contribution in [-0.4, -0.2) is 38.2 Å². The van der Waals surface area contributed by atoms with Crippen molar-refractivity contribution >= 4 is 12.2 Å². The first-order valence-corrected chi connectivity index (χ1v) is 9.19. The van der Waals surface area contributed by atoms with E-state index in [1.165, 1.54) is 10.5 Å². The minimum absolute atomic E-state index is 0.325. The maximum absolute atomic E-state index is 5.71. The molecule has 0 aliphatic heterocycles. The minimum Gasteiger partial charge on any atom is -0.497 e. The molecule has 0 radical (unpaired) electrons. The summed E-state index contributed by atoms with van der Waals surface area (Å²) in [6.07, 6.45) is 0. The molecule has 1 heterocycles. The number of benzene rings is 2. The van der Waals surface area contributed by atoms with E-state index in [1.807, 2.05) is 24.3 Å². The van der Waals surface area contributed by atoms with Gasteiger partial charge in [0, 0.05) is 17.2 Å². The normalized spacial score (nSPS) is 11.9. The van der Waals surface area contributed by atoms with E-state index in [1.54, 1.807) is 32.1 Å². The summed E-state index contributed by atoms with van der Waals surface area (Å²) in [5.41, 5.74) is 1.94. The third-order valence-corrected chi connectivity index (χ3v) is 4.58. The summed E-state index contributed by atoms with van der Waals surface area (Å²) in [4.78, 5) is 1.54. The van der Waals surface area contributed by atoms with Gasteiger partial charge in [-0.05, 0) is 48.6 Å². The Hall–Kier alpha value is -2.84. The van der Waals surface area contributed by atoms with E-state index >= 15 is 0 Å². The van der Waals surface area contributed by atoms with Gasteiger partial charge in [-0.3, -0.25) is 0 Å². The van der Waals surface area contributed by atoms with Crippen molar-refractivity contribution in [3.8, 4) is 28.7 Å². The number of ether oxygens (including phenoxy) is 3. The molecule has 0 aliphatic rings. The van der Waals surface area contributed by atoms with Gasteiger partial charge >= 0.3 is 0 Å². The van der Waals surface area contributed by atoms with E-state index in [-0.39, 0.29) is 0 Å². The number of hydrogen-bond acceptors (Lipinski definition) is 6. The van der Waals surface area contributed by atoms with E-state index in [2.05, 4.69) is 24.3 Å². The molecule has 148 valence electrons. The summed E-state index contributed by atoms with van der Waals surface area (Å²) in [7, 11) is 6.94. The molecule has 2 aromatic carbocycles. The van der Waals surface area contributed by atoms with Gasteiger partial charge in [0.1, 0.15) is 23.8 Å². The van der Waals surface area contributed by atoms with Gasteiger partial charge in [-0.25, -0.2) is 0 Å². The van der Waals surface area contributed by atoms with E-state index in [4.69, 9.17) is 30.8 Å². The predicted octanol–water partition coefficient (Wildman–Crippen LogP) is 2.57. The van der Waals surface area contributed by atoms with Gasteiger partial charge in [-0.15, -0.1) is 5.10 Å². The maximum Gasteiger partial charge on any atom is 0.292 e. The summed E-state index contributed by atoms with van der Waals surface area (Å²) >= 11 is 5.35. The fourth-order valence-electron chi connectivity index (χ4n) is 2.86. The number of methoxy groups -OCH3 is 3. The minimum atomic E-state index is 0.325. The quantitative estimate of drug-likeness (QED) is 0.585. The van der Waals surface area contributed by atoms with Crippen molar-refractivity contribution in [3.05, 3.63) is 52.9 Å². The Bertz CT molecular complexity index is 960. The van der Waals surface area contributed by atoms with Gasteiger partial charge in [0.2, 0.25) is 5.89 Å². The third kappa shape index (κ3) is 4.71. The largest absolute Gasteiger partial charge is 0.497 e. The van der Waals surface area contributed by atoms with Crippen molar-refractivity contribution in [1.82, 2.24) is 9.78 Å². The number of hydrogen-bond donors (Lipinski definition) is 1. The molecule has 0 spiro atoms. The number of nitrogens with one attached hydrogen (secondary N) is 1. The van der Waals surface area contributed by atoms with E-state index in [9.17, 15) is 0 Å². The van der Waals surface area contributed by atoms with Crippen LogP contribution < -0.4 is 19.1 Å². The highest BCUT2D eigenvalue weighted by atomic mass is 32.1. The van der Waals surface area contributed by atoms with Gasteiger partial charge in [0.25, 0.3) is 4.84 Å². The van der Waals surface area contributed by atoms with Crippen LogP contribution in [0.4, 0.5) is 0 Å². The number of quaternary nitrogens is 1. The van der Waals surface area contributed by atoms with Crippen molar-refractivity contribution in [2.75, 3.05) is 28.4 Å². The van der Waals surface area contributed by atoms with Crippen molar-refractivity contribution in [2.24, 2.45) is 0 Å². The third-order valence-electron chi connectivity index (χ3n) is 4.29. The Kier molecular flexibility index (Phi) is 6.33. The summed E-state index contributed by atoms with van der Waals surface area (Å²) in [5, 5.41) is 4.53. The molecule has 0 saturated carbocycles. The zero-order chi connectivity index (χ0) is 20.1. The lowest BCUT2D eigenvalue weighted by Crippen LogP contribution is -3.07. The van der Waals surface area contributed by atoms with Gasteiger partial charge in [0.05, 0.1) is 28.4 Å². The fourth-order valence-corrected chi connectivity index (χ4v) is 3.04. The summed E-state index contributed by atoms with van der Waals surface area (Å²) < 4.78 is 23.2. The summed E-state index contributed by atoms with van der Waals surface area (Å²) in [5.74, 6) is 2.59. The number of nitrogens with zero attached hydrogens (tertiary/aromatic N) is 2. The Morgan fingerprint density at radius 1 is 0.964 bits per heavy atom. The van der Waals surface area contributed by atoms with Crippen molar-refractivity contribution in [1.29, 1.82) is 0 Å². The molecule has 3 aromatic rings. The monoisotopic (exact) mass is 402 g/mol. The van der Waals surface area contributed by atoms with Gasteiger partial charge in [-0.2, -0.15) is 4.68 Å². The lowest BCUT2D eigenvalue weighted by atomic mass is 10.2. The van der Waals surface area contributed by atoms with Crippen LogP contribution >= 0.6 is 12.2 Å². The Morgan fingerprint density at radius 3 is 2.14 bits per heavy atom. The highest BCUT2D eigenvalue weighted by Gasteiger charge is 2.14. The first-order valence-electron chi connectivity index (χ1n) is 8.78. The van der Waals surface area contributed by atoms with Crippen LogP contribution in [-0.2, 0) is 13.2 Å². The second-order valence-corrected chi connectivity index (χ2v) is 6.76. The molecule has 1 atom stereocenters. The highest BCUT2D eigenvalue weighted by Crippen LogP contribution is 2.28. The Balaban J connectivity index is 1.75. The van der Waals surface area contributed by atoms with Crippen molar-refractivity contribution in [3.63, 3.8) is 0 Å². The Labute approximate surface area is 169 Å². The molecule has 8 heteroatoms. The molecule has 1 aromatic heterocycles. The molecular weight excluding hydrogens is 378 g/mol. The molecule has 0 fully saturated rings. The smallest absolute Gasteiger partial charge is 0.292 e. The lowest BCUT2D eigenvalue weighted by molar-refractivity contribution is -0.917. The molecule has 0 aliphatic carbocycles. The second kappa shape index (κ2) is 8.90. The summed E-state index contributed by atoms with van der Waals surface area (Å²) in [6, 6.07) is 13.5. The standard InChI is InChI=1S/C20H23N3O4S/c1-22(12-14-5-7-16(24-2)8-6-14)13-23-20(28)27-19(21-23)15-9-17(25-3)11-18(10-15)26-4/h5-11H,12-13H2,1-4H3/p+1. The average molecular weight is 402 g/mol. The van der Waals surface area contributed by atoms with Gasteiger partial charge < -0.3 is 23.5 Å². The molecule has 28 heavy (non-hydrogen) atoms. The van der Waals surface area contributed by atoms with Crippen LogP contribution in [0.25, 0.3) is 11.5 Å². The maximum atomic E-state index is 5.71. The number of aromatic nitrogens is 2. The van der Waals surface area contributed by atoms with E-state index in [0.29, 0.717) is 28.9 Å². The molecule has 0 bridgehead atoms. The average Bonchev–Trinajstić information content (AvgIpc) is 3.08. The molecule has 0 saturated heterocycles. The molecule has 0 amide bonds. The van der Waals surface area contributed by atoms with Crippen LogP contribution in [0.2, 0.25) is 0 Å². The van der Waals surface area contributed by atoms with Crippen molar-refractivity contribution in [2.45, 2.75) is 13.2 Å². The first kappa shape index (κ1) is 19.9. The molecule has 1 unspecified atom stereocenters. The molecule has 3 rings (SSSR count). The first-order chi connectivity index (χ1) is 13.5. The molecule has 1 N–H and O–H groups in total. The fraction of sp³-hybridized carbons (Fsp3) is 0.300. The number of rotatable bonds is 8. The zero-order valence-electron chi connectivity index (χ0n) is 16.4. The predicted molar refractivity (Wildman–Crippen MR) is 107 cm³/mol. The zero-order valence-corrected chi connectivity index (χ0v) is 17.2. The molecule has 7 nitrogen and oxygen atoms in total. The van der Waals surface area contributed by atoms with E-state index < -0.39 is 0 Å². The SMILES string of the molecule is COc1ccc(C[NH+](C)Cn2nc(-c3cc(OC)cc(OC)c3)oc2=S)cc1. The van der Waals surface area contributed by atoms with Crippen LogP contribution in [0.15, 0.2) is 46.9 Å². The lowest BCUT2D eigenvalue weighted by Gasteiger charge is -2.13. The van der Waals surface area contributed by atoms with Crippen molar-refractivity contribution < 1.29 is 23.5 Å². The van der Waals surface area contributed by atoms with Crippen LogP contribution in [0.1, 0.15) is 5.56 Å². The van der Waals surface area contributed by atoms with Gasteiger partial charge in [0.15, 0.2) is 6.67 Å². The Morgan fingerprint density at radius 2 is 1.57 bits per heavy atom. The second-order valence-electron chi connectivity index (χ2n) is 6.41. The van der Waals surface area contributed by atoms with Gasteiger partial charge in [-0.1, -0.05) is 0 Å². The summed E-state index contributed by atoms with van der Waals surface area (Å²) in [6.45, 7) is 1.40. The van der Waals surface area contributed by atoms with Crippen LogP contribution in [0.3, 0.4) is 0 Å². The van der Waals surface area contributed by atoms with Crippen LogP contribution in [0, 0.1) is 4.84 Å². The topological polar surface area (TPSA) is 63.1 Å². The highest BCUT2D eigenvalue weighted by molar-refractivity contribution is 7.71.